The fourth-order valence-corrected chi connectivity index (χ4v) is 3.56. The molecule has 2 N–H and O–H groups in total. The molecule has 2 aliphatic carbocycles. The van der Waals surface area contributed by atoms with E-state index in [0.29, 0.717) is 11.5 Å². The summed E-state index contributed by atoms with van der Waals surface area (Å²) < 4.78 is 0. The van der Waals surface area contributed by atoms with Gasteiger partial charge in [0.2, 0.25) is 5.91 Å². The number of aryl methyl sites for hydroxylation is 1. The number of hydrogen-bond acceptors (Lipinski definition) is 4. The first kappa shape index (κ1) is 19.5. The van der Waals surface area contributed by atoms with E-state index in [1.165, 1.54) is 12.8 Å². The number of aliphatic carboxylic acids is 1. The predicted octanol–water partition coefficient (Wildman–Crippen LogP) is 2.40. The molecule has 0 aliphatic heterocycles. The first-order valence-electron chi connectivity index (χ1n) is 9.76. The van der Waals surface area contributed by atoms with Gasteiger partial charge in [0.25, 0.3) is 0 Å². The van der Waals surface area contributed by atoms with Crippen LogP contribution in [0.2, 0.25) is 0 Å². The van der Waals surface area contributed by atoms with Crippen LogP contribution in [-0.2, 0) is 9.59 Å². The number of rotatable bonds is 10. The number of hydrogen-bond donors (Lipinski definition) is 2. The summed E-state index contributed by atoms with van der Waals surface area (Å²) in [5.74, 6) is -0.275. The van der Waals surface area contributed by atoms with E-state index in [2.05, 4.69) is 5.32 Å². The minimum atomic E-state index is -0.794. The highest BCUT2D eigenvalue weighted by atomic mass is 16.4. The fraction of sp³-hybridized carbons (Fsp3) is 0.571. The van der Waals surface area contributed by atoms with Crippen LogP contribution in [0.3, 0.4) is 0 Å². The monoisotopic (exact) mass is 372 g/mol. The van der Waals surface area contributed by atoms with Crippen molar-refractivity contribution in [1.29, 1.82) is 0 Å². The van der Waals surface area contributed by atoms with E-state index in [-0.39, 0.29) is 43.2 Å². The summed E-state index contributed by atoms with van der Waals surface area (Å²) in [7, 11) is 0. The Labute approximate surface area is 159 Å². The first-order valence-corrected chi connectivity index (χ1v) is 9.76. The van der Waals surface area contributed by atoms with Gasteiger partial charge in [-0.25, -0.2) is 0 Å². The van der Waals surface area contributed by atoms with Gasteiger partial charge in [0, 0.05) is 37.0 Å². The number of carbonyl (C=O) groups excluding carboxylic acids is 2. The summed E-state index contributed by atoms with van der Waals surface area (Å²) in [6.45, 7) is 2.89. The standard InChI is InChI=1S/C21H28N2O4/c1-14-2-6-16(7-3-14)19(24)8-9-20(25)22-17-10-18(11-17)23(13-21(26)27)12-15-4-5-15/h2-3,6-7,15,17-18H,4-5,8-13H2,1H3,(H,22,25)(H,26,27). The highest BCUT2D eigenvalue weighted by Gasteiger charge is 2.37. The molecule has 0 unspecified atom stereocenters. The van der Waals surface area contributed by atoms with E-state index >= 15 is 0 Å². The largest absolute Gasteiger partial charge is 0.480 e. The maximum absolute atomic E-state index is 12.1. The van der Waals surface area contributed by atoms with Gasteiger partial charge in [0.15, 0.2) is 5.78 Å². The summed E-state index contributed by atoms with van der Waals surface area (Å²) >= 11 is 0. The SMILES string of the molecule is Cc1ccc(C(=O)CCC(=O)NC2CC(N(CC(=O)O)CC3CC3)C2)cc1. The van der Waals surface area contributed by atoms with Crippen LogP contribution in [0.25, 0.3) is 0 Å². The molecule has 27 heavy (non-hydrogen) atoms. The number of benzene rings is 1. The molecule has 2 fully saturated rings. The van der Waals surface area contributed by atoms with Crippen molar-refractivity contribution in [1.82, 2.24) is 10.2 Å². The average molecular weight is 372 g/mol. The second kappa shape index (κ2) is 8.65. The number of Topliss-reactive ketones (excluding diaryl/α,β-unsaturated/α-hetero) is 1. The lowest BCUT2D eigenvalue weighted by molar-refractivity contribution is -0.140. The molecule has 0 saturated heterocycles. The van der Waals surface area contributed by atoms with E-state index in [1.807, 2.05) is 24.0 Å². The summed E-state index contributed by atoms with van der Waals surface area (Å²) in [6, 6.07) is 7.71. The molecule has 1 aromatic rings. The number of ketones is 1. The molecule has 2 aliphatic rings. The van der Waals surface area contributed by atoms with Gasteiger partial charge >= 0.3 is 5.97 Å². The second-order valence-electron chi connectivity index (χ2n) is 7.95. The van der Waals surface area contributed by atoms with Crippen molar-refractivity contribution in [3.05, 3.63) is 35.4 Å². The number of carboxylic acids is 1. The maximum Gasteiger partial charge on any atom is 0.317 e. The van der Waals surface area contributed by atoms with Gasteiger partial charge in [-0.15, -0.1) is 0 Å². The van der Waals surface area contributed by atoms with Gasteiger partial charge in [-0.05, 0) is 38.5 Å². The van der Waals surface area contributed by atoms with Gasteiger partial charge in [0.1, 0.15) is 0 Å². The van der Waals surface area contributed by atoms with Gasteiger partial charge in [-0.3, -0.25) is 19.3 Å². The second-order valence-corrected chi connectivity index (χ2v) is 7.95. The van der Waals surface area contributed by atoms with Gasteiger partial charge in [0.05, 0.1) is 6.54 Å². The van der Waals surface area contributed by atoms with E-state index in [9.17, 15) is 14.4 Å². The summed E-state index contributed by atoms with van der Waals surface area (Å²) in [5.41, 5.74) is 1.74. The van der Waals surface area contributed by atoms with Gasteiger partial charge < -0.3 is 10.4 Å². The quantitative estimate of drug-likeness (QED) is 0.616. The van der Waals surface area contributed by atoms with Crippen molar-refractivity contribution < 1.29 is 19.5 Å². The van der Waals surface area contributed by atoms with Crippen LogP contribution in [0.15, 0.2) is 24.3 Å². The number of nitrogens with one attached hydrogen (secondary N) is 1. The Bertz CT molecular complexity index is 691. The van der Waals surface area contributed by atoms with Crippen LogP contribution in [0.1, 0.15) is 54.4 Å². The Kier molecular flexibility index (Phi) is 6.26. The summed E-state index contributed by atoms with van der Waals surface area (Å²) in [5, 5.41) is 12.1. The van der Waals surface area contributed by atoms with Crippen LogP contribution in [0.5, 0.6) is 0 Å². The van der Waals surface area contributed by atoms with E-state index in [1.54, 1.807) is 12.1 Å². The lowest BCUT2D eigenvalue weighted by Crippen LogP contribution is -2.55. The van der Waals surface area contributed by atoms with Crippen LogP contribution >= 0.6 is 0 Å². The van der Waals surface area contributed by atoms with Crippen molar-refractivity contribution in [3.63, 3.8) is 0 Å². The lowest BCUT2D eigenvalue weighted by Gasteiger charge is -2.42. The molecule has 0 spiro atoms. The topological polar surface area (TPSA) is 86.7 Å². The molecule has 1 amide bonds. The maximum atomic E-state index is 12.1. The molecule has 0 radical (unpaired) electrons. The zero-order valence-electron chi connectivity index (χ0n) is 15.8. The van der Waals surface area contributed by atoms with Crippen LogP contribution in [0, 0.1) is 12.8 Å². The number of carbonyl (C=O) groups is 3. The Morgan fingerprint density at radius 2 is 1.78 bits per heavy atom. The van der Waals surface area contributed by atoms with Crippen molar-refractivity contribution in [3.8, 4) is 0 Å². The minimum Gasteiger partial charge on any atom is -0.480 e. The van der Waals surface area contributed by atoms with Gasteiger partial charge in [-0.2, -0.15) is 0 Å². The molecule has 146 valence electrons. The summed E-state index contributed by atoms with van der Waals surface area (Å²) in [6.07, 6.45) is 4.36. The van der Waals surface area contributed by atoms with Crippen molar-refractivity contribution >= 4 is 17.7 Å². The highest BCUT2D eigenvalue weighted by molar-refractivity contribution is 5.98. The third-order valence-corrected chi connectivity index (χ3v) is 5.48. The molecule has 1 aromatic carbocycles. The molecular weight excluding hydrogens is 344 g/mol. The number of amides is 1. The van der Waals surface area contributed by atoms with E-state index < -0.39 is 5.97 Å². The van der Waals surface area contributed by atoms with Crippen LogP contribution in [-0.4, -0.2) is 52.8 Å². The molecule has 2 saturated carbocycles. The Balaban J connectivity index is 1.37. The molecule has 0 bridgehead atoms. The van der Waals surface area contributed by atoms with Crippen molar-refractivity contribution in [2.45, 2.75) is 57.5 Å². The Morgan fingerprint density at radius 3 is 2.37 bits per heavy atom. The fourth-order valence-electron chi connectivity index (χ4n) is 3.56. The molecule has 0 aromatic heterocycles. The Morgan fingerprint density at radius 1 is 1.11 bits per heavy atom. The van der Waals surface area contributed by atoms with Gasteiger partial charge in [-0.1, -0.05) is 29.8 Å². The highest BCUT2D eigenvalue weighted by Crippen LogP contribution is 2.33. The molecule has 6 heteroatoms. The normalized spacial score (nSPS) is 21.6. The van der Waals surface area contributed by atoms with E-state index in [4.69, 9.17) is 5.11 Å². The first-order chi connectivity index (χ1) is 12.9. The zero-order chi connectivity index (χ0) is 19.4. The zero-order valence-corrected chi connectivity index (χ0v) is 15.8. The average Bonchev–Trinajstić information content (AvgIpc) is 3.39. The minimum absolute atomic E-state index is 0.0197. The van der Waals surface area contributed by atoms with Crippen LogP contribution < -0.4 is 5.32 Å². The van der Waals surface area contributed by atoms with Crippen molar-refractivity contribution in [2.24, 2.45) is 5.92 Å². The smallest absolute Gasteiger partial charge is 0.317 e. The third kappa shape index (κ3) is 5.89. The third-order valence-electron chi connectivity index (χ3n) is 5.48. The number of carboxylic acid groups (broad SMARTS) is 1. The van der Waals surface area contributed by atoms with E-state index in [0.717, 1.165) is 24.9 Å². The van der Waals surface area contributed by atoms with Crippen molar-refractivity contribution in [2.75, 3.05) is 13.1 Å². The van der Waals surface area contributed by atoms with Crippen LogP contribution in [0.4, 0.5) is 0 Å². The Hall–Kier alpha value is -2.21. The summed E-state index contributed by atoms with van der Waals surface area (Å²) in [4.78, 5) is 37.3. The molecule has 0 atom stereocenters. The molecule has 3 rings (SSSR count). The molecule has 0 heterocycles. The predicted molar refractivity (Wildman–Crippen MR) is 102 cm³/mol. The molecule has 6 nitrogen and oxygen atoms in total. The molecular formula is C21H28N2O4. The number of nitrogens with zero attached hydrogens (tertiary/aromatic N) is 1. The lowest BCUT2D eigenvalue weighted by atomic mass is 9.85.